The molecule has 1 aliphatic rings. The van der Waals surface area contributed by atoms with E-state index in [2.05, 4.69) is 15.5 Å². The van der Waals surface area contributed by atoms with Crippen molar-refractivity contribution in [3.63, 3.8) is 0 Å². The molecule has 1 saturated heterocycles. The molecule has 2 unspecified atom stereocenters. The number of amides is 1. The predicted molar refractivity (Wildman–Crippen MR) is 78.2 cm³/mol. The Kier molecular flexibility index (Phi) is 3.70. The van der Waals surface area contributed by atoms with Gasteiger partial charge in [-0.3, -0.25) is 9.36 Å². The van der Waals surface area contributed by atoms with E-state index in [0.717, 1.165) is 23.6 Å². The summed E-state index contributed by atoms with van der Waals surface area (Å²) in [5, 5.41) is 10.7. The summed E-state index contributed by atoms with van der Waals surface area (Å²) < 4.78 is 7.35. The van der Waals surface area contributed by atoms with Crippen molar-refractivity contribution >= 4 is 11.6 Å². The van der Waals surface area contributed by atoms with Crippen LogP contribution in [0.3, 0.4) is 0 Å². The third-order valence-corrected chi connectivity index (χ3v) is 3.76. The molecule has 0 aliphatic carbocycles. The number of carbonyl (C=O) groups is 1. The first kappa shape index (κ1) is 13.8. The van der Waals surface area contributed by atoms with Crippen molar-refractivity contribution in [1.29, 1.82) is 0 Å². The van der Waals surface area contributed by atoms with Gasteiger partial charge in [0.25, 0.3) is 5.91 Å². The zero-order valence-corrected chi connectivity index (χ0v) is 12.1. The molecular weight excluding hydrogens is 268 g/mol. The molecule has 0 spiro atoms. The lowest BCUT2D eigenvalue weighted by molar-refractivity contribution is -0.126. The average Bonchev–Trinajstić information content (AvgIpc) is 3.07. The summed E-state index contributed by atoms with van der Waals surface area (Å²) in [6.45, 7) is 4.57. The Balaban J connectivity index is 1.77. The molecule has 1 aliphatic heterocycles. The fraction of sp³-hybridized carbons (Fsp3) is 0.400. The maximum atomic E-state index is 12.2. The summed E-state index contributed by atoms with van der Waals surface area (Å²) in [5.41, 5.74) is 1.66. The zero-order valence-electron chi connectivity index (χ0n) is 12.1. The van der Waals surface area contributed by atoms with E-state index in [9.17, 15) is 4.79 Å². The van der Waals surface area contributed by atoms with E-state index < -0.39 is 0 Å². The van der Waals surface area contributed by atoms with Gasteiger partial charge in [-0.2, -0.15) is 0 Å². The largest absolute Gasteiger partial charge is 0.368 e. The van der Waals surface area contributed by atoms with Gasteiger partial charge in [-0.15, -0.1) is 10.2 Å². The number of aryl methyl sites for hydroxylation is 1. The number of ether oxygens (including phenoxy) is 1. The van der Waals surface area contributed by atoms with E-state index in [-0.39, 0.29) is 17.9 Å². The molecule has 21 heavy (non-hydrogen) atoms. The van der Waals surface area contributed by atoms with Gasteiger partial charge in [-0.1, -0.05) is 13.0 Å². The van der Waals surface area contributed by atoms with Gasteiger partial charge < -0.3 is 10.1 Å². The van der Waals surface area contributed by atoms with Crippen molar-refractivity contribution in [2.24, 2.45) is 5.92 Å². The Hall–Kier alpha value is -2.21. The van der Waals surface area contributed by atoms with Gasteiger partial charge >= 0.3 is 0 Å². The molecule has 0 bridgehead atoms. The molecule has 6 heteroatoms. The monoisotopic (exact) mass is 286 g/mol. The molecule has 3 rings (SSSR count). The van der Waals surface area contributed by atoms with Crippen molar-refractivity contribution in [3.8, 4) is 5.69 Å². The Bertz CT molecular complexity index is 653. The standard InChI is InChI=1S/C15H18N4O2/c1-10-6-7-21-14(10)15(20)17-12-4-3-5-13(8-12)19-9-16-18-11(19)2/h3-5,8-10,14H,6-7H2,1-2H3,(H,17,20). The van der Waals surface area contributed by atoms with Crippen LogP contribution in [0.5, 0.6) is 0 Å². The smallest absolute Gasteiger partial charge is 0.253 e. The number of carbonyl (C=O) groups excluding carboxylic acids is 1. The van der Waals surface area contributed by atoms with Crippen LogP contribution in [0.15, 0.2) is 30.6 Å². The first-order chi connectivity index (χ1) is 10.1. The van der Waals surface area contributed by atoms with Crippen molar-refractivity contribution < 1.29 is 9.53 Å². The minimum Gasteiger partial charge on any atom is -0.368 e. The highest BCUT2D eigenvalue weighted by atomic mass is 16.5. The summed E-state index contributed by atoms with van der Waals surface area (Å²) in [6, 6.07) is 7.60. The van der Waals surface area contributed by atoms with Gasteiger partial charge in [0.05, 0.1) is 5.69 Å². The number of hydrogen-bond acceptors (Lipinski definition) is 4. The normalized spacial score (nSPS) is 21.4. The highest BCUT2D eigenvalue weighted by molar-refractivity contribution is 5.94. The van der Waals surface area contributed by atoms with Crippen LogP contribution in [-0.4, -0.2) is 33.4 Å². The van der Waals surface area contributed by atoms with E-state index in [1.165, 1.54) is 0 Å². The lowest BCUT2D eigenvalue weighted by Crippen LogP contribution is -2.31. The minimum atomic E-state index is -0.356. The van der Waals surface area contributed by atoms with Crippen LogP contribution in [-0.2, 0) is 9.53 Å². The second-order valence-corrected chi connectivity index (χ2v) is 5.35. The maximum absolute atomic E-state index is 12.2. The van der Waals surface area contributed by atoms with E-state index in [0.29, 0.717) is 6.61 Å². The molecule has 1 aromatic carbocycles. The fourth-order valence-corrected chi connectivity index (χ4v) is 2.52. The molecule has 0 radical (unpaired) electrons. The fourth-order valence-electron chi connectivity index (χ4n) is 2.52. The minimum absolute atomic E-state index is 0.0855. The number of rotatable bonds is 3. The summed E-state index contributed by atoms with van der Waals surface area (Å²) in [7, 11) is 0. The van der Waals surface area contributed by atoms with Crippen molar-refractivity contribution in [2.45, 2.75) is 26.4 Å². The quantitative estimate of drug-likeness (QED) is 0.936. The van der Waals surface area contributed by atoms with E-state index >= 15 is 0 Å². The van der Waals surface area contributed by atoms with Crippen molar-refractivity contribution in [3.05, 3.63) is 36.4 Å². The molecule has 1 amide bonds. The number of nitrogens with zero attached hydrogens (tertiary/aromatic N) is 3. The number of benzene rings is 1. The van der Waals surface area contributed by atoms with Crippen molar-refractivity contribution in [2.75, 3.05) is 11.9 Å². The first-order valence-electron chi connectivity index (χ1n) is 7.04. The second-order valence-electron chi connectivity index (χ2n) is 5.35. The molecule has 0 saturated carbocycles. The Morgan fingerprint density at radius 1 is 1.48 bits per heavy atom. The molecule has 1 N–H and O–H groups in total. The highest BCUT2D eigenvalue weighted by Crippen LogP contribution is 2.22. The molecule has 2 aromatic rings. The number of aromatic nitrogens is 3. The highest BCUT2D eigenvalue weighted by Gasteiger charge is 2.30. The van der Waals surface area contributed by atoms with Crippen LogP contribution in [0.1, 0.15) is 19.2 Å². The van der Waals surface area contributed by atoms with Gasteiger partial charge in [-0.05, 0) is 37.5 Å². The van der Waals surface area contributed by atoms with Crippen LogP contribution in [0.25, 0.3) is 5.69 Å². The third-order valence-electron chi connectivity index (χ3n) is 3.76. The van der Waals surface area contributed by atoms with Crippen molar-refractivity contribution in [1.82, 2.24) is 14.8 Å². The third kappa shape index (κ3) is 2.80. The molecule has 2 atom stereocenters. The van der Waals surface area contributed by atoms with Crippen LogP contribution in [0.2, 0.25) is 0 Å². The van der Waals surface area contributed by atoms with Crippen LogP contribution >= 0.6 is 0 Å². The summed E-state index contributed by atoms with van der Waals surface area (Å²) >= 11 is 0. The molecule has 1 fully saturated rings. The van der Waals surface area contributed by atoms with E-state index in [1.54, 1.807) is 6.33 Å². The van der Waals surface area contributed by atoms with Gasteiger partial charge in [0.2, 0.25) is 0 Å². The molecular formula is C15H18N4O2. The molecule has 6 nitrogen and oxygen atoms in total. The summed E-state index contributed by atoms with van der Waals surface area (Å²) in [4.78, 5) is 12.2. The van der Waals surface area contributed by atoms with Crippen LogP contribution < -0.4 is 5.32 Å². The van der Waals surface area contributed by atoms with Gasteiger partial charge in [-0.25, -0.2) is 0 Å². The number of hydrogen-bond donors (Lipinski definition) is 1. The zero-order chi connectivity index (χ0) is 14.8. The van der Waals surface area contributed by atoms with E-state index in [1.807, 2.05) is 42.7 Å². The number of anilines is 1. The van der Waals surface area contributed by atoms with Gasteiger partial charge in [0.1, 0.15) is 18.3 Å². The summed E-state index contributed by atoms with van der Waals surface area (Å²) in [5.74, 6) is 0.970. The lowest BCUT2D eigenvalue weighted by Gasteiger charge is -2.15. The average molecular weight is 286 g/mol. The first-order valence-corrected chi connectivity index (χ1v) is 7.04. The second kappa shape index (κ2) is 5.65. The predicted octanol–water partition coefficient (Wildman–Crippen LogP) is 1.94. The number of nitrogens with one attached hydrogen (secondary N) is 1. The van der Waals surface area contributed by atoms with Gasteiger partial charge in [0.15, 0.2) is 0 Å². The Morgan fingerprint density at radius 2 is 2.33 bits per heavy atom. The molecule has 2 heterocycles. The Morgan fingerprint density at radius 3 is 3.00 bits per heavy atom. The summed E-state index contributed by atoms with van der Waals surface area (Å²) in [6.07, 6.45) is 2.22. The van der Waals surface area contributed by atoms with Crippen LogP contribution in [0, 0.1) is 12.8 Å². The Labute approximate surface area is 123 Å². The van der Waals surface area contributed by atoms with E-state index in [4.69, 9.17) is 4.74 Å². The maximum Gasteiger partial charge on any atom is 0.253 e. The SMILES string of the molecule is Cc1nncn1-c1cccc(NC(=O)C2OCCC2C)c1. The lowest BCUT2D eigenvalue weighted by atomic mass is 10.0. The molecule has 110 valence electrons. The van der Waals surface area contributed by atoms with Crippen LogP contribution in [0.4, 0.5) is 5.69 Å². The van der Waals surface area contributed by atoms with Gasteiger partial charge in [0, 0.05) is 12.3 Å². The topological polar surface area (TPSA) is 69.0 Å². The molecule has 1 aromatic heterocycles.